The van der Waals surface area contributed by atoms with Gasteiger partial charge in [-0.15, -0.1) is 0 Å². The summed E-state index contributed by atoms with van der Waals surface area (Å²) >= 11 is 0. The number of rotatable bonds is 56. The SMILES string of the molecule is CCCCCCCCCCCC(=O)NC(CCCCNC(=O)OCCOCCOCCOCCOCCOCCOCCOCCOCCOCCOCCOCCNC(=O)CCN1C(=O)CC(C(C)(C)C)C1=O)C(N)=O. The van der Waals surface area contributed by atoms with Gasteiger partial charge in [-0.2, -0.15) is 0 Å². The summed E-state index contributed by atoms with van der Waals surface area (Å²) in [6, 6.07) is -0.715. The molecule has 0 aromatic heterocycles. The molecule has 5 N–H and O–H groups in total. The molecule has 0 aromatic rings. The predicted octanol–water partition coefficient (Wildman–Crippen LogP) is 3.88. The van der Waals surface area contributed by atoms with Crippen molar-refractivity contribution in [2.24, 2.45) is 17.1 Å². The van der Waals surface area contributed by atoms with Gasteiger partial charge in [0.2, 0.25) is 29.5 Å². The molecule has 23 heteroatoms. The molecular weight excluding hydrogens is 1010 g/mol. The van der Waals surface area contributed by atoms with Gasteiger partial charge in [0, 0.05) is 38.9 Å². The van der Waals surface area contributed by atoms with Crippen LogP contribution >= 0.6 is 0 Å². The quantitative estimate of drug-likeness (QED) is 0.0497. The molecule has 450 valence electrons. The molecule has 0 bridgehead atoms. The molecule has 1 heterocycles. The minimum atomic E-state index is -0.715. The van der Waals surface area contributed by atoms with Crippen LogP contribution in [0, 0.1) is 11.3 Å². The Morgan fingerprint density at radius 2 is 0.909 bits per heavy atom. The molecule has 1 fully saturated rings. The van der Waals surface area contributed by atoms with E-state index in [1.165, 1.54) is 43.4 Å². The molecule has 6 amide bonds. The molecule has 1 aliphatic heterocycles. The van der Waals surface area contributed by atoms with Gasteiger partial charge in [0.05, 0.1) is 151 Å². The van der Waals surface area contributed by atoms with Gasteiger partial charge in [-0.1, -0.05) is 79.1 Å². The number of hydrogen-bond acceptors (Lipinski definition) is 18. The first kappa shape index (κ1) is 71.4. The number of hydrogen-bond donors (Lipinski definition) is 4. The van der Waals surface area contributed by atoms with Crippen LogP contribution in [0.25, 0.3) is 0 Å². The lowest BCUT2D eigenvalue weighted by molar-refractivity contribution is -0.140. The molecule has 0 aromatic carbocycles. The molecule has 0 aliphatic carbocycles. The summed E-state index contributed by atoms with van der Waals surface area (Å²) in [5.41, 5.74) is 5.21. The number of alkyl carbamates (subject to hydrolysis) is 1. The van der Waals surface area contributed by atoms with E-state index >= 15 is 0 Å². The maximum atomic E-state index is 12.5. The van der Waals surface area contributed by atoms with E-state index in [0.29, 0.717) is 178 Å². The van der Waals surface area contributed by atoms with Crippen molar-refractivity contribution in [3.63, 3.8) is 0 Å². The number of nitrogens with zero attached hydrogens (tertiary/aromatic N) is 1. The van der Waals surface area contributed by atoms with Gasteiger partial charge in [0.15, 0.2) is 0 Å². The Bertz CT molecular complexity index is 1490. The van der Waals surface area contributed by atoms with Crippen LogP contribution < -0.4 is 21.7 Å². The summed E-state index contributed by atoms with van der Waals surface area (Å²) in [5.74, 6) is -1.70. The van der Waals surface area contributed by atoms with Crippen molar-refractivity contribution in [2.45, 2.75) is 130 Å². The fraction of sp³-hybridized carbons (Fsp3) is 0.889. The number of nitrogens with two attached hydrogens (primary N) is 1. The second-order valence-corrected chi connectivity index (χ2v) is 19.5. The zero-order chi connectivity index (χ0) is 56.3. The standard InChI is InChI=1S/C54H101N5O18/c1-5-6-7-8-9-10-11-12-13-17-49(61)58-47(51(55)63)16-14-15-19-57-53(65)77-44-43-76-42-41-75-40-39-74-38-37-73-36-35-72-34-33-71-32-31-70-30-29-69-28-27-68-26-25-67-24-23-66-22-20-56-48(60)18-21-59-50(62)45-46(52(59)64)54(2,3)4/h46-47H,5-45H2,1-4H3,(H2,55,63)(H,56,60)(H,57,65)(H,58,61). The third-order valence-electron chi connectivity index (χ3n) is 12.0. The monoisotopic (exact) mass is 1110 g/mol. The van der Waals surface area contributed by atoms with E-state index < -0.39 is 18.0 Å². The van der Waals surface area contributed by atoms with Gasteiger partial charge < -0.3 is 78.5 Å². The minimum Gasteiger partial charge on any atom is -0.447 e. The highest BCUT2D eigenvalue weighted by molar-refractivity contribution is 6.04. The Morgan fingerprint density at radius 3 is 1.31 bits per heavy atom. The number of imide groups is 1. The van der Waals surface area contributed by atoms with Gasteiger partial charge in [0.1, 0.15) is 12.6 Å². The predicted molar refractivity (Wildman–Crippen MR) is 287 cm³/mol. The summed E-state index contributed by atoms with van der Waals surface area (Å²) < 4.78 is 65.5. The average molecular weight is 1110 g/mol. The molecule has 23 nitrogen and oxygen atoms in total. The van der Waals surface area contributed by atoms with Crippen LogP contribution in [0.2, 0.25) is 0 Å². The van der Waals surface area contributed by atoms with Crippen LogP contribution in [-0.4, -0.2) is 218 Å². The zero-order valence-corrected chi connectivity index (χ0v) is 47.5. The number of nitrogens with one attached hydrogen (secondary N) is 3. The Morgan fingerprint density at radius 1 is 0.506 bits per heavy atom. The zero-order valence-electron chi connectivity index (χ0n) is 47.5. The summed E-state index contributed by atoms with van der Waals surface area (Å²) in [5, 5.41) is 8.16. The van der Waals surface area contributed by atoms with E-state index in [9.17, 15) is 28.8 Å². The maximum absolute atomic E-state index is 12.5. The Hall–Kier alpha value is -3.62. The van der Waals surface area contributed by atoms with Gasteiger partial charge in [-0.25, -0.2) is 4.79 Å². The highest BCUT2D eigenvalue weighted by atomic mass is 16.6. The van der Waals surface area contributed by atoms with Crippen LogP contribution in [0.1, 0.15) is 124 Å². The molecule has 0 spiro atoms. The highest BCUT2D eigenvalue weighted by Crippen LogP contribution is 2.35. The molecule has 0 radical (unpaired) electrons. The van der Waals surface area contributed by atoms with Crippen molar-refractivity contribution < 1.29 is 85.6 Å². The van der Waals surface area contributed by atoms with E-state index in [0.717, 1.165) is 19.3 Å². The summed E-state index contributed by atoms with van der Waals surface area (Å²) in [7, 11) is 0. The molecule has 1 aliphatic rings. The Labute approximate surface area is 459 Å². The first-order valence-corrected chi connectivity index (χ1v) is 28.3. The van der Waals surface area contributed by atoms with Crippen molar-refractivity contribution in [3.05, 3.63) is 0 Å². The number of ether oxygens (including phenoxy) is 12. The van der Waals surface area contributed by atoms with Crippen molar-refractivity contribution in [2.75, 3.05) is 172 Å². The van der Waals surface area contributed by atoms with E-state index in [1.807, 2.05) is 20.8 Å². The van der Waals surface area contributed by atoms with Crippen LogP contribution in [0.3, 0.4) is 0 Å². The molecule has 2 unspecified atom stereocenters. The van der Waals surface area contributed by atoms with E-state index in [-0.39, 0.29) is 67.6 Å². The molecule has 2 atom stereocenters. The Kier molecular flexibility index (Phi) is 46.9. The lowest BCUT2D eigenvalue weighted by Crippen LogP contribution is -2.44. The molecule has 0 saturated carbocycles. The van der Waals surface area contributed by atoms with Crippen molar-refractivity contribution in [1.82, 2.24) is 20.9 Å². The van der Waals surface area contributed by atoms with Gasteiger partial charge in [-0.05, 0) is 31.1 Å². The summed E-state index contributed by atoms with van der Waals surface area (Å²) in [6.07, 6.45) is 12.2. The first-order chi connectivity index (χ1) is 37.4. The molecular formula is C54H101N5O18. The lowest BCUT2D eigenvalue weighted by atomic mass is 9.80. The summed E-state index contributed by atoms with van der Waals surface area (Å²) in [6.45, 7) is 18.0. The van der Waals surface area contributed by atoms with E-state index in [4.69, 9.17) is 62.6 Å². The molecule has 1 rings (SSSR count). The number of primary amides is 1. The fourth-order valence-electron chi connectivity index (χ4n) is 7.52. The highest BCUT2D eigenvalue weighted by Gasteiger charge is 2.44. The summed E-state index contributed by atoms with van der Waals surface area (Å²) in [4.78, 5) is 74.2. The fourth-order valence-corrected chi connectivity index (χ4v) is 7.52. The van der Waals surface area contributed by atoms with E-state index in [1.54, 1.807) is 0 Å². The third-order valence-corrected chi connectivity index (χ3v) is 12.0. The number of likely N-dealkylation sites (tertiary alicyclic amines) is 1. The van der Waals surface area contributed by atoms with Crippen LogP contribution in [0.15, 0.2) is 0 Å². The van der Waals surface area contributed by atoms with Gasteiger partial charge in [-0.3, -0.25) is 28.9 Å². The molecule has 1 saturated heterocycles. The second-order valence-electron chi connectivity index (χ2n) is 19.5. The van der Waals surface area contributed by atoms with Gasteiger partial charge in [0.25, 0.3) is 0 Å². The molecule has 77 heavy (non-hydrogen) atoms. The number of carbonyl (C=O) groups is 6. The van der Waals surface area contributed by atoms with Crippen LogP contribution in [0.5, 0.6) is 0 Å². The third kappa shape index (κ3) is 43.9. The van der Waals surface area contributed by atoms with Crippen LogP contribution in [-0.2, 0) is 80.8 Å². The lowest BCUT2D eigenvalue weighted by Gasteiger charge is -2.24. The maximum Gasteiger partial charge on any atom is 0.407 e. The van der Waals surface area contributed by atoms with Crippen molar-refractivity contribution >= 4 is 35.6 Å². The van der Waals surface area contributed by atoms with Crippen molar-refractivity contribution in [3.8, 4) is 0 Å². The first-order valence-electron chi connectivity index (χ1n) is 28.3. The smallest absolute Gasteiger partial charge is 0.407 e. The second kappa shape index (κ2) is 50.6. The number of amides is 6. The average Bonchev–Trinajstić information content (AvgIpc) is 3.70. The largest absolute Gasteiger partial charge is 0.447 e. The topological polar surface area (TPSA) is 279 Å². The normalized spacial score (nSPS) is 14.1. The number of unbranched alkanes of at least 4 members (excludes halogenated alkanes) is 9. The van der Waals surface area contributed by atoms with Crippen molar-refractivity contribution in [1.29, 1.82) is 0 Å². The minimum absolute atomic E-state index is 0.0655. The number of carbonyl (C=O) groups excluding carboxylic acids is 6. The van der Waals surface area contributed by atoms with Gasteiger partial charge >= 0.3 is 6.09 Å². The van der Waals surface area contributed by atoms with E-state index in [2.05, 4.69) is 22.9 Å². The van der Waals surface area contributed by atoms with Crippen LogP contribution in [0.4, 0.5) is 4.79 Å². The Balaban J connectivity index is 1.73.